The van der Waals surface area contributed by atoms with Crippen molar-refractivity contribution in [2.24, 2.45) is 0 Å². The van der Waals surface area contributed by atoms with Crippen LogP contribution in [-0.2, 0) is 15.1 Å². The van der Waals surface area contributed by atoms with Crippen molar-refractivity contribution in [1.82, 2.24) is 10.2 Å². The molecule has 158 valence electrons. The molecule has 1 heterocycles. The zero-order chi connectivity index (χ0) is 22.2. The average Bonchev–Trinajstić information content (AvgIpc) is 2.98. The van der Waals surface area contributed by atoms with E-state index in [2.05, 4.69) is 5.32 Å². The summed E-state index contributed by atoms with van der Waals surface area (Å²) in [6.45, 7) is 5.16. The number of urea groups is 1. The van der Waals surface area contributed by atoms with Crippen LogP contribution in [0.5, 0.6) is 0 Å². The highest BCUT2D eigenvalue weighted by atomic mass is 16.2. The topological polar surface area (TPSA) is 69.7 Å². The molecule has 0 bridgehead atoms. The largest absolute Gasteiger partial charge is 0.325 e. The fraction of sp³-hybridized carbons (Fsp3) is 0.240. The van der Waals surface area contributed by atoms with Crippen LogP contribution in [0.25, 0.3) is 10.8 Å². The number of anilines is 1. The molecule has 1 unspecified atom stereocenters. The number of rotatable bonds is 5. The summed E-state index contributed by atoms with van der Waals surface area (Å²) in [6, 6.07) is 22.1. The zero-order valence-corrected chi connectivity index (χ0v) is 17.8. The number of nitrogens with zero attached hydrogens (tertiary/aromatic N) is 2. The summed E-state index contributed by atoms with van der Waals surface area (Å²) < 4.78 is 0. The molecule has 1 atom stereocenters. The number of carbonyl (C=O) groups excluding carboxylic acids is 3. The smallest absolute Gasteiger partial charge is 0.319 e. The van der Waals surface area contributed by atoms with Gasteiger partial charge in [-0.1, -0.05) is 54.6 Å². The maximum atomic E-state index is 13.3. The molecule has 31 heavy (non-hydrogen) atoms. The Hall–Kier alpha value is -3.67. The van der Waals surface area contributed by atoms with E-state index in [1.54, 1.807) is 11.8 Å². The summed E-state index contributed by atoms with van der Waals surface area (Å²) in [6.07, 6.45) is 0. The van der Waals surface area contributed by atoms with E-state index in [0.29, 0.717) is 5.56 Å². The molecule has 1 aliphatic heterocycles. The van der Waals surface area contributed by atoms with Gasteiger partial charge in [-0.05, 0) is 55.3 Å². The maximum absolute atomic E-state index is 13.3. The number of imide groups is 1. The number of carbonyl (C=O) groups is 3. The summed E-state index contributed by atoms with van der Waals surface area (Å²) >= 11 is 0. The SMILES string of the molecule is CC(C)N(C(=O)CN1C(=O)NC(C)(c2ccc3ccccc3c2)C1=O)c1ccccc1. The van der Waals surface area contributed by atoms with E-state index in [1.807, 2.05) is 86.6 Å². The van der Waals surface area contributed by atoms with Gasteiger partial charge in [-0.2, -0.15) is 0 Å². The van der Waals surface area contributed by atoms with Crippen molar-refractivity contribution in [3.8, 4) is 0 Å². The van der Waals surface area contributed by atoms with Crippen molar-refractivity contribution in [3.05, 3.63) is 78.4 Å². The van der Waals surface area contributed by atoms with E-state index in [4.69, 9.17) is 0 Å². The lowest BCUT2D eigenvalue weighted by Crippen LogP contribution is -2.46. The molecule has 0 aromatic heterocycles. The predicted molar refractivity (Wildman–Crippen MR) is 121 cm³/mol. The second-order valence-corrected chi connectivity index (χ2v) is 8.20. The fourth-order valence-electron chi connectivity index (χ4n) is 4.07. The number of nitrogens with one attached hydrogen (secondary N) is 1. The van der Waals surface area contributed by atoms with Crippen molar-refractivity contribution in [2.45, 2.75) is 32.4 Å². The zero-order valence-electron chi connectivity index (χ0n) is 17.8. The van der Waals surface area contributed by atoms with Crippen LogP contribution in [0.2, 0.25) is 0 Å². The summed E-state index contributed by atoms with van der Waals surface area (Å²) in [5, 5.41) is 4.82. The van der Waals surface area contributed by atoms with Crippen LogP contribution in [0.4, 0.5) is 10.5 Å². The van der Waals surface area contributed by atoms with Gasteiger partial charge < -0.3 is 10.2 Å². The lowest BCUT2D eigenvalue weighted by molar-refractivity contribution is -0.134. The number of hydrogen-bond donors (Lipinski definition) is 1. The first-order valence-electron chi connectivity index (χ1n) is 10.3. The summed E-state index contributed by atoms with van der Waals surface area (Å²) in [5.41, 5.74) is 0.187. The number of benzene rings is 3. The maximum Gasteiger partial charge on any atom is 0.325 e. The van der Waals surface area contributed by atoms with E-state index in [1.165, 1.54) is 0 Å². The minimum Gasteiger partial charge on any atom is -0.319 e. The van der Waals surface area contributed by atoms with Crippen LogP contribution in [-0.4, -0.2) is 35.3 Å². The predicted octanol–water partition coefficient (Wildman–Crippen LogP) is 4.05. The van der Waals surface area contributed by atoms with Crippen LogP contribution >= 0.6 is 0 Å². The number of amides is 4. The highest BCUT2D eigenvalue weighted by molar-refractivity contribution is 6.11. The van der Waals surface area contributed by atoms with E-state index in [-0.39, 0.29) is 18.5 Å². The van der Waals surface area contributed by atoms with E-state index in [9.17, 15) is 14.4 Å². The third-order valence-electron chi connectivity index (χ3n) is 5.71. The monoisotopic (exact) mass is 415 g/mol. The molecule has 4 amide bonds. The number of fused-ring (bicyclic) bond motifs is 1. The Bertz CT molecular complexity index is 1160. The van der Waals surface area contributed by atoms with Gasteiger partial charge >= 0.3 is 6.03 Å². The molecule has 1 fully saturated rings. The summed E-state index contributed by atoms with van der Waals surface area (Å²) in [4.78, 5) is 41.8. The molecule has 3 aromatic carbocycles. The highest BCUT2D eigenvalue weighted by Crippen LogP contribution is 2.31. The second kappa shape index (κ2) is 7.87. The first-order valence-corrected chi connectivity index (χ1v) is 10.3. The third kappa shape index (κ3) is 3.65. The van der Waals surface area contributed by atoms with Crippen LogP contribution < -0.4 is 10.2 Å². The molecule has 1 N–H and O–H groups in total. The molecule has 0 saturated carbocycles. The van der Waals surface area contributed by atoms with Gasteiger partial charge in [0.1, 0.15) is 12.1 Å². The fourth-order valence-corrected chi connectivity index (χ4v) is 4.07. The number of para-hydroxylation sites is 1. The third-order valence-corrected chi connectivity index (χ3v) is 5.71. The molecule has 3 aromatic rings. The average molecular weight is 415 g/mol. The minimum atomic E-state index is -1.23. The Kier molecular flexibility index (Phi) is 5.23. The Morgan fingerprint density at radius 1 is 0.968 bits per heavy atom. The van der Waals surface area contributed by atoms with Crippen LogP contribution in [0.1, 0.15) is 26.3 Å². The van der Waals surface area contributed by atoms with Gasteiger partial charge in [-0.25, -0.2) is 4.79 Å². The molecule has 6 heteroatoms. The molecule has 0 radical (unpaired) electrons. The van der Waals surface area contributed by atoms with Crippen molar-refractivity contribution in [1.29, 1.82) is 0 Å². The van der Waals surface area contributed by atoms with Crippen molar-refractivity contribution in [3.63, 3.8) is 0 Å². The van der Waals surface area contributed by atoms with Gasteiger partial charge in [0.2, 0.25) is 5.91 Å². The first-order chi connectivity index (χ1) is 14.8. The van der Waals surface area contributed by atoms with E-state index in [0.717, 1.165) is 21.4 Å². The second-order valence-electron chi connectivity index (χ2n) is 8.20. The molecule has 0 aliphatic carbocycles. The number of hydrogen-bond acceptors (Lipinski definition) is 3. The lowest BCUT2D eigenvalue weighted by atomic mass is 9.90. The molecular formula is C25H25N3O3. The van der Waals surface area contributed by atoms with E-state index < -0.39 is 17.5 Å². The quantitative estimate of drug-likeness (QED) is 0.639. The standard InChI is InChI=1S/C25H25N3O3/c1-17(2)28(21-11-5-4-6-12-21)22(29)16-27-23(30)25(3,26-24(27)31)20-14-13-18-9-7-8-10-19(18)15-20/h4-15,17H,16H2,1-3H3,(H,26,31). The molecule has 4 rings (SSSR count). The molecule has 1 saturated heterocycles. The van der Waals surface area contributed by atoms with Crippen LogP contribution in [0, 0.1) is 0 Å². The van der Waals surface area contributed by atoms with Gasteiger partial charge in [0.25, 0.3) is 5.91 Å². The minimum absolute atomic E-state index is 0.123. The lowest BCUT2D eigenvalue weighted by Gasteiger charge is -2.28. The van der Waals surface area contributed by atoms with Gasteiger partial charge in [0.05, 0.1) is 0 Å². The van der Waals surface area contributed by atoms with Gasteiger partial charge in [-0.15, -0.1) is 0 Å². The summed E-state index contributed by atoms with van der Waals surface area (Å²) in [7, 11) is 0. The van der Waals surface area contributed by atoms with E-state index >= 15 is 0 Å². The van der Waals surface area contributed by atoms with Crippen LogP contribution in [0.3, 0.4) is 0 Å². The Morgan fingerprint density at radius 2 is 1.61 bits per heavy atom. The van der Waals surface area contributed by atoms with Crippen molar-refractivity contribution in [2.75, 3.05) is 11.4 Å². The Labute approximate surface area is 181 Å². The van der Waals surface area contributed by atoms with Crippen LogP contribution in [0.15, 0.2) is 72.8 Å². The van der Waals surface area contributed by atoms with Gasteiger partial charge in [0.15, 0.2) is 0 Å². The van der Waals surface area contributed by atoms with Gasteiger partial charge in [0, 0.05) is 11.7 Å². The molecule has 6 nitrogen and oxygen atoms in total. The van der Waals surface area contributed by atoms with Crippen molar-refractivity contribution < 1.29 is 14.4 Å². The van der Waals surface area contributed by atoms with Gasteiger partial charge in [-0.3, -0.25) is 14.5 Å². The van der Waals surface area contributed by atoms with Crippen molar-refractivity contribution >= 4 is 34.3 Å². The molecule has 1 aliphatic rings. The highest BCUT2D eigenvalue weighted by Gasteiger charge is 2.49. The first kappa shape index (κ1) is 20.6. The molecule has 0 spiro atoms. The summed E-state index contributed by atoms with van der Waals surface area (Å²) in [5.74, 6) is -0.745. The molecular weight excluding hydrogens is 390 g/mol. The normalized spacial score (nSPS) is 18.5. The Morgan fingerprint density at radius 3 is 2.29 bits per heavy atom. The Balaban J connectivity index is 1.60.